The molecule has 1 unspecified atom stereocenters. The molecule has 0 saturated heterocycles. The van der Waals surface area contributed by atoms with E-state index in [1.165, 1.54) is 6.07 Å². The summed E-state index contributed by atoms with van der Waals surface area (Å²) in [6.45, 7) is 5.03. The van der Waals surface area contributed by atoms with Crippen LogP contribution in [0.5, 0.6) is 0 Å². The molecule has 112 valence electrons. The van der Waals surface area contributed by atoms with Crippen molar-refractivity contribution in [1.29, 1.82) is 0 Å². The smallest absolute Gasteiger partial charge is 0.128 e. The highest BCUT2D eigenvalue weighted by Crippen LogP contribution is 2.27. The van der Waals surface area contributed by atoms with E-state index in [2.05, 4.69) is 17.2 Å². The molecule has 2 rings (SSSR count). The zero-order valence-corrected chi connectivity index (χ0v) is 12.8. The molecule has 1 atom stereocenters. The Hall–Kier alpha value is -2.10. The Morgan fingerprint density at radius 2 is 2.05 bits per heavy atom. The molecule has 0 fully saturated rings. The van der Waals surface area contributed by atoms with E-state index < -0.39 is 0 Å². The van der Waals surface area contributed by atoms with Crippen LogP contribution in [0.15, 0.2) is 42.7 Å². The Balaban J connectivity index is 2.19. The predicted molar refractivity (Wildman–Crippen MR) is 86.2 cm³/mol. The van der Waals surface area contributed by atoms with Gasteiger partial charge in [-0.3, -0.25) is 4.98 Å². The first kappa shape index (κ1) is 15.3. The van der Waals surface area contributed by atoms with Crippen LogP contribution >= 0.6 is 0 Å². The molecular formula is C17H22FN3. The standard InChI is InChI=1S/C17H22FN3/c1-4-9-20-14-10-15(12-19-11-14)21(3)13(2)16-7-5-6-8-17(16)18/h5-8,10-13,20H,4,9H2,1-3H3. The van der Waals surface area contributed by atoms with E-state index in [4.69, 9.17) is 0 Å². The summed E-state index contributed by atoms with van der Waals surface area (Å²) in [7, 11) is 1.96. The Morgan fingerprint density at radius 3 is 2.76 bits per heavy atom. The molecule has 1 aromatic heterocycles. The number of pyridine rings is 1. The van der Waals surface area contributed by atoms with E-state index >= 15 is 0 Å². The number of benzene rings is 1. The quantitative estimate of drug-likeness (QED) is 0.861. The van der Waals surface area contributed by atoms with Gasteiger partial charge in [0.2, 0.25) is 0 Å². The second-order valence-electron chi connectivity index (χ2n) is 5.17. The van der Waals surface area contributed by atoms with Crippen molar-refractivity contribution in [3.05, 3.63) is 54.1 Å². The van der Waals surface area contributed by atoms with E-state index in [1.807, 2.05) is 37.1 Å². The second-order valence-corrected chi connectivity index (χ2v) is 5.17. The largest absolute Gasteiger partial charge is 0.384 e. The summed E-state index contributed by atoms with van der Waals surface area (Å²) in [4.78, 5) is 6.29. The van der Waals surface area contributed by atoms with Gasteiger partial charge in [0.15, 0.2) is 0 Å². The fourth-order valence-electron chi connectivity index (χ4n) is 2.23. The Morgan fingerprint density at radius 1 is 1.29 bits per heavy atom. The average Bonchev–Trinajstić information content (AvgIpc) is 2.52. The molecule has 1 heterocycles. The zero-order valence-electron chi connectivity index (χ0n) is 12.8. The molecule has 0 radical (unpaired) electrons. The fourth-order valence-corrected chi connectivity index (χ4v) is 2.23. The van der Waals surface area contributed by atoms with Gasteiger partial charge >= 0.3 is 0 Å². The zero-order chi connectivity index (χ0) is 15.2. The minimum Gasteiger partial charge on any atom is -0.384 e. The van der Waals surface area contributed by atoms with Crippen LogP contribution in [0.2, 0.25) is 0 Å². The van der Waals surface area contributed by atoms with E-state index in [0.29, 0.717) is 5.56 Å². The molecule has 0 bridgehead atoms. The third-order valence-electron chi connectivity index (χ3n) is 3.65. The lowest BCUT2D eigenvalue weighted by atomic mass is 10.1. The molecule has 0 aliphatic carbocycles. The predicted octanol–water partition coefficient (Wildman–Crippen LogP) is 4.24. The fraction of sp³-hybridized carbons (Fsp3) is 0.353. The van der Waals surface area contributed by atoms with Crippen molar-refractivity contribution < 1.29 is 4.39 Å². The third kappa shape index (κ3) is 3.72. The molecule has 0 aliphatic heterocycles. The summed E-state index contributed by atoms with van der Waals surface area (Å²) in [6, 6.07) is 8.87. The van der Waals surface area contributed by atoms with Crippen LogP contribution in [-0.2, 0) is 0 Å². The Labute approximate surface area is 125 Å². The number of hydrogen-bond donors (Lipinski definition) is 1. The highest BCUT2D eigenvalue weighted by molar-refractivity contribution is 5.56. The second kappa shape index (κ2) is 7.07. The van der Waals surface area contributed by atoms with Gasteiger partial charge in [0.25, 0.3) is 0 Å². The topological polar surface area (TPSA) is 28.2 Å². The molecule has 0 spiro atoms. The SMILES string of the molecule is CCCNc1cncc(N(C)C(C)c2ccccc2F)c1. The lowest BCUT2D eigenvalue weighted by Crippen LogP contribution is -2.22. The number of nitrogens with zero attached hydrogens (tertiary/aromatic N) is 2. The summed E-state index contributed by atoms with van der Waals surface area (Å²) < 4.78 is 13.9. The van der Waals surface area contributed by atoms with Crippen LogP contribution in [0.3, 0.4) is 0 Å². The average molecular weight is 287 g/mol. The van der Waals surface area contributed by atoms with Crippen molar-refractivity contribution in [1.82, 2.24) is 4.98 Å². The maximum Gasteiger partial charge on any atom is 0.128 e. The third-order valence-corrected chi connectivity index (χ3v) is 3.65. The summed E-state index contributed by atoms with van der Waals surface area (Å²) in [5, 5.41) is 3.32. The highest BCUT2D eigenvalue weighted by atomic mass is 19.1. The van der Waals surface area contributed by atoms with Gasteiger partial charge in [0.1, 0.15) is 5.82 Å². The number of anilines is 2. The van der Waals surface area contributed by atoms with Crippen molar-refractivity contribution in [2.24, 2.45) is 0 Å². The first-order valence-corrected chi connectivity index (χ1v) is 7.29. The van der Waals surface area contributed by atoms with Gasteiger partial charge in [-0.1, -0.05) is 25.1 Å². The van der Waals surface area contributed by atoms with Gasteiger partial charge in [0.05, 0.1) is 29.8 Å². The maximum absolute atomic E-state index is 13.9. The monoisotopic (exact) mass is 287 g/mol. The van der Waals surface area contributed by atoms with Gasteiger partial charge in [0, 0.05) is 19.2 Å². The summed E-state index contributed by atoms with van der Waals surface area (Å²) in [5.74, 6) is -0.176. The Bertz CT molecular complexity index is 586. The minimum absolute atomic E-state index is 0.0607. The molecule has 1 N–H and O–H groups in total. The number of aromatic nitrogens is 1. The van der Waals surface area contributed by atoms with Gasteiger partial charge in [-0.2, -0.15) is 0 Å². The molecule has 4 heteroatoms. The number of hydrogen-bond acceptors (Lipinski definition) is 3. The van der Waals surface area contributed by atoms with Gasteiger partial charge in [-0.05, 0) is 25.5 Å². The normalized spacial score (nSPS) is 12.0. The van der Waals surface area contributed by atoms with Crippen LogP contribution in [-0.4, -0.2) is 18.6 Å². The van der Waals surface area contributed by atoms with E-state index in [-0.39, 0.29) is 11.9 Å². The molecule has 1 aromatic carbocycles. The molecule has 21 heavy (non-hydrogen) atoms. The van der Waals surface area contributed by atoms with Gasteiger partial charge < -0.3 is 10.2 Å². The van der Waals surface area contributed by atoms with Crippen molar-refractivity contribution in [3.8, 4) is 0 Å². The number of rotatable bonds is 6. The lowest BCUT2D eigenvalue weighted by Gasteiger charge is -2.27. The van der Waals surface area contributed by atoms with Crippen molar-refractivity contribution in [3.63, 3.8) is 0 Å². The first-order valence-electron chi connectivity index (χ1n) is 7.29. The van der Waals surface area contributed by atoms with E-state index in [0.717, 1.165) is 24.3 Å². The highest BCUT2D eigenvalue weighted by Gasteiger charge is 2.16. The maximum atomic E-state index is 13.9. The van der Waals surface area contributed by atoms with Crippen LogP contribution in [0.4, 0.5) is 15.8 Å². The molecule has 2 aromatic rings. The molecule has 3 nitrogen and oxygen atoms in total. The van der Waals surface area contributed by atoms with Crippen molar-refractivity contribution in [2.75, 3.05) is 23.8 Å². The molecule has 0 saturated carbocycles. The van der Waals surface area contributed by atoms with E-state index in [9.17, 15) is 4.39 Å². The van der Waals surface area contributed by atoms with Crippen LogP contribution in [0.1, 0.15) is 31.9 Å². The van der Waals surface area contributed by atoms with E-state index in [1.54, 1.807) is 18.5 Å². The van der Waals surface area contributed by atoms with Crippen LogP contribution in [0, 0.1) is 5.82 Å². The van der Waals surface area contributed by atoms with Crippen LogP contribution < -0.4 is 10.2 Å². The van der Waals surface area contributed by atoms with Crippen molar-refractivity contribution >= 4 is 11.4 Å². The summed E-state index contributed by atoms with van der Waals surface area (Å²) in [6.07, 6.45) is 4.67. The summed E-state index contributed by atoms with van der Waals surface area (Å²) in [5.41, 5.74) is 2.64. The Kier molecular flexibility index (Phi) is 5.14. The number of halogens is 1. The number of nitrogens with one attached hydrogen (secondary N) is 1. The first-order chi connectivity index (χ1) is 10.1. The molecule has 0 amide bonds. The molecular weight excluding hydrogens is 265 g/mol. The lowest BCUT2D eigenvalue weighted by molar-refractivity contribution is 0.585. The summed E-state index contributed by atoms with van der Waals surface area (Å²) >= 11 is 0. The van der Waals surface area contributed by atoms with Crippen molar-refractivity contribution in [2.45, 2.75) is 26.3 Å². The molecule has 0 aliphatic rings. The van der Waals surface area contributed by atoms with Gasteiger partial charge in [-0.25, -0.2) is 4.39 Å². The van der Waals surface area contributed by atoms with Gasteiger partial charge in [-0.15, -0.1) is 0 Å². The van der Waals surface area contributed by atoms with Crippen LogP contribution in [0.25, 0.3) is 0 Å². The minimum atomic E-state index is -0.176.